The minimum absolute atomic E-state index is 0.131. The van der Waals surface area contributed by atoms with E-state index in [1.54, 1.807) is 24.3 Å². The van der Waals surface area contributed by atoms with E-state index >= 15 is 0 Å². The summed E-state index contributed by atoms with van der Waals surface area (Å²) in [5.74, 6) is -1.40. The maximum absolute atomic E-state index is 13.1. The van der Waals surface area contributed by atoms with Crippen molar-refractivity contribution in [2.24, 2.45) is 0 Å². The van der Waals surface area contributed by atoms with Gasteiger partial charge in [-0.1, -0.05) is 29.8 Å². The third kappa shape index (κ3) is 3.80. The highest BCUT2D eigenvalue weighted by molar-refractivity contribution is 6.31. The molecule has 0 amide bonds. The van der Waals surface area contributed by atoms with Crippen LogP contribution in [0, 0.1) is 12.7 Å². The Kier molecular flexibility index (Phi) is 4.72. The summed E-state index contributed by atoms with van der Waals surface area (Å²) in [7, 11) is 0. The third-order valence-corrected chi connectivity index (χ3v) is 4.29. The predicted octanol–water partition coefficient (Wildman–Crippen LogP) is 5.90. The largest absolute Gasteiger partial charge is 0.478 e. The number of carbonyl (C=O) groups is 1. The maximum atomic E-state index is 13.1. The van der Waals surface area contributed by atoms with Crippen LogP contribution in [0.3, 0.4) is 0 Å². The van der Waals surface area contributed by atoms with Gasteiger partial charge in [-0.05, 0) is 66.1 Å². The van der Waals surface area contributed by atoms with Crippen LogP contribution in [0.15, 0.2) is 60.7 Å². The maximum Gasteiger partial charge on any atom is 0.337 e. The molecule has 0 atom stereocenters. The molecule has 0 saturated carbocycles. The van der Waals surface area contributed by atoms with Crippen LogP contribution in [-0.4, -0.2) is 11.1 Å². The summed E-state index contributed by atoms with van der Waals surface area (Å²) in [4.78, 5) is 11.5. The van der Waals surface area contributed by atoms with Crippen molar-refractivity contribution in [1.29, 1.82) is 0 Å². The number of hydrogen-bond donors (Lipinski definition) is 2. The second-order valence-corrected chi connectivity index (χ2v) is 6.07. The average Bonchev–Trinajstić information content (AvgIpc) is 2.59. The van der Waals surface area contributed by atoms with Gasteiger partial charge in [-0.3, -0.25) is 0 Å². The zero-order valence-electron chi connectivity index (χ0n) is 13.4. The lowest BCUT2D eigenvalue weighted by molar-refractivity contribution is 0.0698. The number of rotatable bonds is 4. The van der Waals surface area contributed by atoms with E-state index in [0.29, 0.717) is 16.4 Å². The van der Waals surface area contributed by atoms with Gasteiger partial charge in [-0.2, -0.15) is 0 Å². The SMILES string of the molecule is Cc1ccc(-c2ccc(C(=O)O)c(Nc3ccc(F)cc3)c2)cc1Cl. The number of carboxylic acid groups (broad SMARTS) is 1. The fourth-order valence-corrected chi connectivity index (χ4v) is 2.66. The zero-order chi connectivity index (χ0) is 18.0. The molecule has 0 unspecified atom stereocenters. The summed E-state index contributed by atoms with van der Waals surface area (Å²) < 4.78 is 13.1. The number of aromatic carboxylic acids is 1. The summed E-state index contributed by atoms with van der Waals surface area (Å²) in [6, 6.07) is 16.4. The minimum atomic E-state index is -1.04. The molecule has 3 aromatic rings. The molecule has 0 aliphatic rings. The molecule has 0 aromatic heterocycles. The van der Waals surface area contributed by atoms with Gasteiger partial charge in [0.05, 0.1) is 11.3 Å². The molecule has 0 saturated heterocycles. The first-order chi connectivity index (χ1) is 11.9. The van der Waals surface area contributed by atoms with Crippen molar-refractivity contribution >= 4 is 28.9 Å². The molecule has 0 aliphatic heterocycles. The van der Waals surface area contributed by atoms with E-state index in [2.05, 4.69) is 5.32 Å². The summed E-state index contributed by atoms with van der Waals surface area (Å²) in [5, 5.41) is 13.1. The van der Waals surface area contributed by atoms with Crippen LogP contribution in [0.1, 0.15) is 15.9 Å². The van der Waals surface area contributed by atoms with E-state index in [1.807, 2.05) is 25.1 Å². The van der Waals surface area contributed by atoms with Crippen LogP contribution >= 0.6 is 11.6 Å². The summed E-state index contributed by atoms with van der Waals surface area (Å²) in [6.45, 7) is 1.92. The third-order valence-electron chi connectivity index (χ3n) is 3.88. The quantitative estimate of drug-likeness (QED) is 0.612. The van der Waals surface area contributed by atoms with Gasteiger partial charge in [-0.25, -0.2) is 9.18 Å². The monoisotopic (exact) mass is 355 g/mol. The molecule has 25 heavy (non-hydrogen) atoms. The molecule has 2 N–H and O–H groups in total. The molecular weight excluding hydrogens is 341 g/mol. The molecule has 3 rings (SSSR count). The Bertz CT molecular complexity index is 939. The summed E-state index contributed by atoms with van der Waals surface area (Å²) in [6.07, 6.45) is 0. The molecule has 3 aromatic carbocycles. The molecule has 0 spiro atoms. The fourth-order valence-electron chi connectivity index (χ4n) is 2.47. The van der Waals surface area contributed by atoms with Gasteiger partial charge in [0.25, 0.3) is 0 Å². The number of anilines is 2. The van der Waals surface area contributed by atoms with Crippen LogP contribution in [-0.2, 0) is 0 Å². The fraction of sp³-hybridized carbons (Fsp3) is 0.0500. The van der Waals surface area contributed by atoms with Gasteiger partial charge in [0, 0.05) is 10.7 Å². The lowest BCUT2D eigenvalue weighted by Gasteiger charge is -2.12. The van der Waals surface area contributed by atoms with Gasteiger partial charge in [0.1, 0.15) is 5.82 Å². The van der Waals surface area contributed by atoms with Crippen LogP contribution in [0.5, 0.6) is 0 Å². The van der Waals surface area contributed by atoms with E-state index in [0.717, 1.165) is 16.7 Å². The van der Waals surface area contributed by atoms with Gasteiger partial charge in [-0.15, -0.1) is 0 Å². The number of nitrogens with one attached hydrogen (secondary N) is 1. The molecule has 0 heterocycles. The van der Waals surface area contributed by atoms with Crippen LogP contribution in [0.2, 0.25) is 5.02 Å². The van der Waals surface area contributed by atoms with Crippen molar-refractivity contribution in [3.05, 3.63) is 82.6 Å². The van der Waals surface area contributed by atoms with E-state index in [4.69, 9.17) is 11.6 Å². The van der Waals surface area contributed by atoms with Crippen molar-refractivity contribution < 1.29 is 14.3 Å². The number of aryl methyl sites for hydroxylation is 1. The molecule has 0 fully saturated rings. The standard InChI is InChI=1S/C20H15ClFNO2/c1-12-2-3-13(10-18(12)21)14-4-9-17(20(24)25)19(11-14)23-16-7-5-15(22)6-8-16/h2-11,23H,1H3,(H,24,25). The summed E-state index contributed by atoms with van der Waals surface area (Å²) >= 11 is 6.18. The van der Waals surface area contributed by atoms with Crippen LogP contribution < -0.4 is 5.32 Å². The molecule has 126 valence electrons. The van der Waals surface area contributed by atoms with Gasteiger partial charge < -0.3 is 10.4 Å². The minimum Gasteiger partial charge on any atom is -0.478 e. The normalized spacial score (nSPS) is 10.5. The van der Waals surface area contributed by atoms with Crippen molar-refractivity contribution in [3.63, 3.8) is 0 Å². The van der Waals surface area contributed by atoms with Crippen LogP contribution in [0.4, 0.5) is 15.8 Å². The number of halogens is 2. The second-order valence-electron chi connectivity index (χ2n) is 5.66. The zero-order valence-corrected chi connectivity index (χ0v) is 14.1. The van der Waals surface area contributed by atoms with Crippen LogP contribution in [0.25, 0.3) is 11.1 Å². The molecule has 0 radical (unpaired) electrons. The molecular formula is C20H15ClFNO2. The lowest BCUT2D eigenvalue weighted by Crippen LogP contribution is -2.03. The van der Waals surface area contributed by atoms with E-state index in [-0.39, 0.29) is 11.4 Å². The Morgan fingerprint density at radius 1 is 1.00 bits per heavy atom. The Hall–Kier alpha value is -2.85. The van der Waals surface area contributed by atoms with Crippen molar-refractivity contribution in [1.82, 2.24) is 0 Å². The Morgan fingerprint density at radius 2 is 1.64 bits per heavy atom. The molecule has 5 heteroatoms. The van der Waals surface area contributed by atoms with E-state index < -0.39 is 5.97 Å². The lowest BCUT2D eigenvalue weighted by atomic mass is 10.0. The van der Waals surface area contributed by atoms with Crippen molar-refractivity contribution in [2.75, 3.05) is 5.32 Å². The average molecular weight is 356 g/mol. The highest BCUT2D eigenvalue weighted by atomic mass is 35.5. The number of hydrogen-bond acceptors (Lipinski definition) is 2. The van der Waals surface area contributed by atoms with E-state index in [1.165, 1.54) is 18.2 Å². The Balaban J connectivity index is 2.03. The molecule has 0 aliphatic carbocycles. The van der Waals surface area contributed by atoms with Crippen molar-refractivity contribution in [2.45, 2.75) is 6.92 Å². The second kappa shape index (κ2) is 6.95. The van der Waals surface area contributed by atoms with Crippen molar-refractivity contribution in [3.8, 4) is 11.1 Å². The molecule has 3 nitrogen and oxygen atoms in total. The Morgan fingerprint density at radius 3 is 2.28 bits per heavy atom. The first-order valence-corrected chi connectivity index (χ1v) is 7.98. The smallest absolute Gasteiger partial charge is 0.337 e. The molecule has 0 bridgehead atoms. The van der Waals surface area contributed by atoms with Gasteiger partial charge >= 0.3 is 5.97 Å². The van der Waals surface area contributed by atoms with E-state index in [9.17, 15) is 14.3 Å². The first-order valence-electron chi connectivity index (χ1n) is 7.60. The first kappa shape index (κ1) is 17.0. The number of carboxylic acids is 1. The highest BCUT2D eigenvalue weighted by Gasteiger charge is 2.12. The number of benzene rings is 3. The highest BCUT2D eigenvalue weighted by Crippen LogP contribution is 2.30. The Labute approximate surface area is 149 Å². The topological polar surface area (TPSA) is 49.3 Å². The predicted molar refractivity (Wildman–Crippen MR) is 98.3 cm³/mol. The van der Waals surface area contributed by atoms with Gasteiger partial charge in [0.15, 0.2) is 0 Å². The summed E-state index contributed by atoms with van der Waals surface area (Å²) in [5.41, 5.74) is 3.84. The van der Waals surface area contributed by atoms with Gasteiger partial charge in [0.2, 0.25) is 0 Å².